The fraction of sp³-hybridized carbons (Fsp3) is 0.938. The average molecular weight is 283 g/mol. The van der Waals surface area contributed by atoms with E-state index in [1.54, 1.807) is 0 Å². The van der Waals surface area contributed by atoms with Gasteiger partial charge in [-0.2, -0.15) is 0 Å². The number of hydrogen-bond acceptors (Lipinski definition) is 3. The third-order valence-electron chi connectivity index (χ3n) is 4.24. The molecule has 1 rings (SSSR count). The third kappa shape index (κ3) is 6.23. The van der Waals surface area contributed by atoms with Gasteiger partial charge in [0.1, 0.15) is 0 Å². The van der Waals surface area contributed by atoms with E-state index in [2.05, 4.69) is 17.1 Å². The van der Waals surface area contributed by atoms with Crippen molar-refractivity contribution in [3.63, 3.8) is 0 Å². The third-order valence-corrected chi connectivity index (χ3v) is 4.24. The summed E-state index contributed by atoms with van der Waals surface area (Å²) < 4.78 is 0. The van der Waals surface area contributed by atoms with E-state index >= 15 is 0 Å². The number of hydrogen-bond donors (Lipinski definition) is 2. The monoisotopic (exact) mass is 283 g/mol. The molecule has 1 saturated heterocycles. The van der Waals surface area contributed by atoms with Crippen LogP contribution in [0.15, 0.2) is 0 Å². The van der Waals surface area contributed by atoms with Gasteiger partial charge in [0.05, 0.1) is 0 Å². The Morgan fingerprint density at radius 3 is 2.70 bits per heavy atom. The molecule has 20 heavy (non-hydrogen) atoms. The Kier molecular flexibility index (Phi) is 8.15. The highest BCUT2D eigenvalue weighted by atomic mass is 16.1. The molecule has 1 heterocycles. The zero-order chi connectivity index (χ0) is 15.0. The first-order valence-electron chi connectivity index (χ1n) is 8.30. The quantitative estimate of drug-likeness (QED) is 0.752. The molecule has 3 N–H and O–H groups in total. The molecular weight excluding hydrogens is 250 g/mol. The highest BCUT2D eigenvalue weighted by Crippen LogP contribution is 2.23. The maximum atomic E-state index is 11.9. The summed E-state index contributed by atoms with van der Waals surface area (Å²) in [5.41, 5.74) is 5.91. The van der Waals surface area contributed by atoms with E-state index in [9.17, 15) is 4.79 Å². The predicted molar refractivity (Wildman–Crippen MR) is 84.6 cm³/mol. The fourth-order valence-electron chi connectivity index (χ4n) is 3.21. The van der Waals surface area contributed by atoms with Crippen LogP contribution in [0.4, 0.5) is 0 Å². The van der Waals surface area contributed by atoms with Crippen LogP contribution in [0.2, 0.25) is 0 Å². The van der Waals surface area contributed by atoms with Crippen molar-refractivity contribution in [1.29, 1.82) is 0 Å². The lowest BCUT2D eigenvalue weighted by Gasteiger charge is -2.29. The Hall–Kier alpha value is -0.610. The molecule has 0 aromatic carbocycles. The van der Waals surface area contributed by atoms with Crippen molar-refractivity contribution in [2.24, 2.45) is 11.7 Å². The number of rotatable bonds is 7. The molecule has 1 aliphatic rings. The Bertz CT molecular complexity index is 281. The average Bonchev–Trinajstić information content (AvgIpc) is 2.61. The molecule has 4 nitrogen and oxygen atoms in total. The Balaban J connectivity index is 2.46. The molecule has 0 saturated carbocycles. The van der Waals surface area contributed by atoms with Crippen molar-refractivity contribution >= 4 is 5.91 Å². The van der Waals surface area contributed by atoms with Crippen molar-refractivity contribution in [2.75, 3.05) is 19.6 Å². The van der Waals surface area contributed by atoms with E-state index in [0.717, 1.165) is 19.0 Å². The topological polar surface area (TPSA) is 58.4 Å². The second-order valence-corrected chi connectivity index (χ2v) is 6.44. The van der Waals surface area contributed by atoms with Crippen LogP contribution in [0.5, 0.6) is 0 Å². The first-order valence-corrected chi connectivity index (χ1v) is 8.30. The van der Waals surface area contributed by atoms with E-state index in [4.69, 9.17) is 5.73 Å². The number of amides is 1. The van der Waals surface area contributed by atoms with Crippen LogP contribution in [0.3, 0.4) is 0 Å². The minimum Gasteiger partial charge on any atom is -0.354 e. The second kappa shape index (κ2) is 9.35. The smallest absolute Gasteiger partial charge is 0.221 e. The number of likely N-dealkylation sites (tertiary alicyclic amines) is 1. The van der Waals surface area contributed by atoms with Gasteiger partial charge in [0.25, 0.3) is 0 Å². The van der Waals surface area contributed by atoms with Gasteiger partial charge in [-0.15, -0.1) is 0 Å². The summed E-state index contributed by atoms with van der Waals surface area (Å²) >= 11 is 0. The van der Waals surface area contributed by atoms with Gasteiger partial charge in [0.2, 0.25) is 5.91 Å². The first kappa shape index (κ1) is 17.4. The standard InChI is InChI=1S/C16H33N3O/c1-4-6-14-7-5-9-19(10-8-14)15(12-17)11-16(20)18-13(2)3/h13-15H,4-12,17H2,1-3H3,(H,18,20). The SMILES string of the molecule is CCCC1CCCN(C(CN)CC(=O)NC(C)C)CC1. The maximum Gasteiger partial charge on any atom is 0.221 e. The molecule has 0 aromatic heterocycles. The lowest BCUT2D eigenvalue weighted by Crippen LogP contribution is -2.45. The maximum absolute atomic E-state index is 11.9. The van der Waals surface area contributed by atoms with Gasteiger partial charge in [-0.05, 0) is 52.1 Å². The Morgan fingerprint density at radius 2 is 2.10 bits per heavy atom. The number of carbonyl (C=O) groups is 1. The highest BCUT2D eigenvalue weighted by molar-refractivity contribution is 5.76. The molecule has 2 atom stereocenters. The van der Waals surface area contributed by atoms with E-state index in [1.807, 2.05) is 13.8 Å². The van der Waals surface area contributed by atoms with E-state index in [1.165, 1.54) is 32.1 Å². The van der Waals surface area contributed by atoms with Crippen LogP contribution in [0.1, 0.15) is 59.3 Å². The van der Waals surface area contributed by atoms with Gasteiger partial charge >= 0.3 is 0 Å². The molecule has 1 aliphatic heterocycles. The van der Waals surface area contributed by atoms with Crippen LogP contribution in [0.25, 0.3) is 0 Å². The first-order chi connectivity index (χ1) is 9.56. The molecule has 2 unspecified atom stereocenters. The minimum absolute atomic E-state index is 0.129. The van der Waals surface area contributed by atoms with Gasteiger partial charge < -0.3 is 11.1 Å². The molecule has 0 radical (unpaired) electrons. The highest BCUT2D eigenvalue weighted by Gasteiger charge is 2.24. The molecule has 0 bridgehead atoms. The minimum atomic E-state index is 0.129. The van der Waals surface area contributed by atoms with Crippen LogP contribution < -0.4 is 11.1 Å². The van der Waals surface area contributed by atoms with Crippen molar-refractivity contribution in [3.05, 3.63) is 0 Å². The number of carbonyl (C=O) groups excluding carboxylic acids is 1. The lowest BCUT2D eigenvalue weighted by atomic mass is 9.96. The normalized spacial score (nSPS) is 22.6. The largest absolute Gasteiger partial charge is 0.354 e. The summed E-state index contributed by atoms with van der Waals surface area (Å²) in [4.78, 5) is 14.4. The van der Waals surface area contributed by atoms with Gasteiger partial charge in [0, 0.05) is 25.0 Å². The zero-order valence-corrected chi connectivity index (χ0v) is 13.5. The molecule has 118 valence electrons. The van der Waals surface area contributed by atoms with Crippen LogP contribution in [-0.4, -0.2) is 42.5 Å². The van der Waals surface area contributed by atoms with E-state index in [0.29, 0.717) is 13.0 Å². The Labute approximate surface area is 124 Å². The molecule has 0 aliphatic carbocycles. The fourth-order valence-corrected chi connectivity index (χ4v) is 3.21. The second-order valence-electron chi connectivity index (χ2n) is 6.44. The summed E-state index contributed by atoms with van der Waals surface area (Å²) in [6.07, 6.45) is 6.99. The van der Waals surface area contributed by atoms with Gasteiger partial charge in [-0.25, -0.2) is 0 Å². The van der Waals surface area contributed by atoms with E-state index in [-0.39, 0.29) is 18.0 Å². The summed E-state index contributed by atoms with van der Waals surface area (Å²) in [7, 11) is 0. The van der Waals surface area contributed by atoms with Crippen LogP contribution in [-0.2, 0) is 4.79 Å². The summed E-state index contributed by atoms with van der Waals surface area (Å²) in [5, 5.41) is 2.97. The van der Waals surface area contributed by atoms with Crippen molar-refractivity contribution in [1.82, 2.24) is 10.2 Å². The molecule has 4 heteroatoms. The number of nitrogens with zero attached hydrogens (tertiary/aromatic N) is 1. The summed E-state index contributed by atoms with van der Waals surface area (Å²) in [5.74, 6) is 0.998. The predicted octanol–water partition coefficient (Wildman–Crippen LogP) is 2.13. The van der Waals surface area contributed by atoms with Gasteiger partial charge in [-0.1, -0.05) is 19.8 Å². The molecule has 1 amide bonds. The van der Waals surface area contributed by atoms with Crippen molar-refractivity contribution in [2.45, 2.75) is 71.4 Å². The van der Waals surface area contributed by atoms with Crippen LogP contribution >= 0.6 is 0 Å². The van der Waals surface area contributed by atoms with Gasteiger partial charge in [-0.3, -0.25) is 9.69 Å². The molecular formula is C16H33N3O. The van der Waals surface area contributed by atoms with Crippen molar-refractivity contribution in [3.8, 4) is 0 Å². The molecule has 0 aromatic rings. The lowest BCUT2D eigenvalue weighted by molar-refractivity contribution is -0.122. The van der Waals surface area contributed by atoms with Gasteiger partial charge in [0.15, 0.2) is 0 Å². The molecule has 1 fully saturated rings. The van der Waals surface area contributed by atoms with E-state index < -0.39 is 0 Å². The zero-order valence-electron chi connectivity index (χ0n) is 13.5. The number of nitrogens with one attached hydrogen (secondary N) is 1. The van der Waals surface area contributed by atoms with Crippen molar-refractivity contribution < 1.29 is 4.79 Å². The Morgan fingerprint density at radius 1 is 1.35 bits per heavy atom. The summed E-state index contributed by atoms with van der Waals surface area (Å²) in [6, 6.07) is 0.410. The molecule has 0 spiro atoms. The van der Waals surface area contributed by atoms with Crippen LogP contribution in [0, 0.1) is 5.92 Å². The summed E-state index contributed by atoms with van der Waals surface area (Å²) in [6.45, 7) is 9.03. The number of nitrogens with two attached hydrogens (primary N) is 1.